The molecule has 0 fully saturated rings. The normalized spacial score (nSPS) is 25.3. The van der Waals surface area contributed by atoms with Crippen LogP contribution in [-0.4, -0.2) is 9.49 Å². The minimum absolute atomic E-state index is 0.365. The first kappa shape index (κ1) is 18.6. The lowest BCUT2D eigenvalue weighted by molar-refractivity contribution is 0.689. The number of nitrogens with zero attached hydrogens (tertiary/aromatic N) is 4. The van der Waals surface area contributed by atoms with E-state index in [-0.39, 0.29) is 0 Å². The molecule has 0 aromatic heterocycles. The lowest BCUT2D eigenvalue weighted by atomic mass is 9.68. The van der Waals surface area contributed by atoms with Gasteiger partial charge >= 0.3 is 0 Å². The topological polar surface area (TPSA) is 95.2 Å². The SMILES string of the molecule is C[C@@]12Sc3ccc(C#N)cc3C1=C(C#N)C(C#N)=C1c3cc(C#N)ccc3S[C@]12C. The highest BCUT2D eigenvalue weighted by Crippen LogP contribution is 2.72. The average Bonchev–Trinajstić information content (AvgIpc) is 3.23. The molecule has 2 atom stereocenters. The fraction of sp³-hybridized carbons (Fsp3) is 0.167. The molecule has 3 aliphatic rings. The predicted octanol–water partition coefficient (Wildman–Crippen LogP) is 5.43. The van der Waals surface area contributed by atoms with Gasteiger partial charge in [-0.2, -0.15) is 21.0 Å². The van der Waals surface area contributed by atoms with Crippen LogP contribution in [0.15, 0.2) is 57.3 Å². The smallest absolute Gasteiger partial charge is 0.101 e. The van der Waals surface area contributed by atoms with Crippen molar-refractivity contribution in [3.05, 3.63) is 69.8 Å². The van der Waals surface area contributed by atoms with Crippen molar-refractivity contribution in [3.63, 3.8) is 0 Å². The van der Waals surface area contributed by atoms with Crippen molar-refractivity contribution in [2.45, 2.75) is 33.1 Å². The Kier molecular flexibility index (Phi) is 3.75. The van der Waals surface area contributed by atoms with E-state index in [0.717, 1.165) is 32.1 Å². The molecule has 0 saturated carbocycles. The minimum Gasteiger partial charge on any atom is -0.192 e. The Morgan fingerprint density at radius 2 is 1.03 bits per heavy atom. The van der Waals surface area contributed by atoms with Crippen LogP contribution in [0.4, 0.5) is 0 Å². The summed E-state index contributed by atoms with van der Waals surface area (Å²) in [5.41, 5.74) is 5.16. The lowest BCUT2D eigenvalue weighted by Gasteiger charge is -2.45. The Labute approximate surface area is 182 Å². The second-order valence-corrected chi connectivity index (χ2v) is 10.6. The van der Waals surface area contributed by atoms with Crippen molar-refractivity contribution < 1.29 is 0 Å². The van der Waals surface area contributed by atoms with E-state index in [1.165, 1.54) is 0 Å². The van der Waals surface area contributed by atoms with Crippen molar-refractivity contribution in [3.8, 4) is 24.3 Å². The maximum atomic E-state index is 10.1. The van der Waals surface area contributed by atoms with Gasteiger partial charge in [0.05, 0.1) is 43.9 Å². The van der Waals surface area contributed by atoms with Crippen LogP contribution in [0.1, 0.15) is 36.1 Å². The zero-order chi connectivity index (χ0) is 21.3. The van der Waals surface area contributed by atoms with Gasteiger partial charge in [-0.3, -0.25) is 0 Å². The third kappa shape index (κ3) is 2.05. The van der Waals surface area contributed by atoms with Crippen molar-refractivity contribution in [1.29, 1.82) is 21.0 Å². The molecule has 0 bridgehead atoms. The minimum atomic E-state index is -0.513. The standard InChI is InChI=1S/C24H12N4S2/c1-23-21(15-7-13(9-25)3-5-19(15)29-23)17(11-27)18(12-28)22-16-8-14(10-26)4-6-20(16)30-24(22,23)2/h3-8H,1-2H3/t23-,24-/m1/s1. The van der Waals surface area contributed by atoms with Crippen LogP contribution >= 0.6 is 23.5 Å². The molecule has 6 heteroatoms. The molecule has 0 radical (unpaired) electrons. The predicted molar refractivity (Wildman–Crippen MR) is 116 cm³/mol. The molecular weight excluding hydrogens is 408 g/mol. The van der Waals surface area contributed by atoms with Crippen LogP contribution in [0.3, 0.4) is 0 Å². The van der Waals surface area contributed by atoms with E-state index in [0.29, 0.717) is 22.3 Å². The summed E-state index contributed by atoms with van der Waals surface area (Å²) >= 11 is 3.36. The average molecular weight is 421 g/mol. The van der Waals surface area contributed by atoms with Gasteiger partial charge in [-0.15, -0.1) is 23.5 Å². The molecule has 0 amide bonds. The summed E-state index contributed by atoms with van der Waals surface area (Å²) in [5, 5.41) is 39.0. The first-order valence-electron chi connectivity index (χ1n) is 9.19. The van der Waals surface area contributed by atoms with Crippen LogP contribution in [0.2, 0.25) is 0 Å². The summed E-state index contributed by atoms with van der Waals surface area (Å²) in [4.78, 5) is 2.02. The fourth-order valence-electron chi connectivity index (χ4n) is 4.72. The molecule has 1 aliphatic carbocycles. The van der Waals surface area contributed by atoms with Crippen LogP contribution in [-0.2, 0) is 0 Å². The van der Waals surface area contributed by atoms with Gasteiger partial charge in [0.2, 0.25) is 0 Å². The number of allylic oxidation sites excluding steroid dienone is 2. The van der Waals surface area contributed by atoms with E-state index in [9.17, 15) is 21.0 Å². The van der Waals surface area contributed by atoms with Crippen molar-refractivity contribution in [1.82, 2.24) is 0 Å². The van der Waals surface area contributed by atoms with E-state index in [4.69, 9.17) is 0 Å². The molecule has 0 spiro atoms. The van der Waals surface area contributed by atoms with Gasteiger partial charge in [-0.25, -0.2) is 0 Å². The summed E-state index contributed by atoms with van der Waals surface area (Å²) in [6.45, 7) is 4.24. The monoisotopic (exact) mass is 420 g/mol. The number of benzene rings is 2. The van der Waals surface area contributed by atoms with Gasteiger partial charge in [0.25, 0.3) is 0 Å². The van der Waals surface area contributed by atoms with Crippen molar-refractivity contribution >= 4 is 34.7 Å². The summed E-state index contributed by atoms with van der Waals surface area (Å²) in [7, 11) is 0. The molecule has 2 aromatic carbocycles. The Morgan fingerprint density at radius 1 is 0.633 bits per heavy atom. The van der Waals surface area contributed by atoms with Gasteiger partial charge in [-0.05, 0) is 72.5 Å². The third-order valence-corrected chi connectivity index (χ3v) is 9.54. The second-order valence-electron chi connectivity index (χ2n) is 7.64. The maximum absolute atomic E-state index is 10.1. The third-order valence-electron chi connectivity index (χ3n) is 6.22. The Morgan fingerprint density at radius 3 is 1.37 bits per heavy atom. The van der Waals surface area contributed by atoms with E-state index in [1.807, 2.05) is 24.3 Å². The molecule has 2 aliphatic heterocycles. The maximum Gasteiger partial charge on any atom is 0.101 e. The quantitative estimate of drug-likeness (QED) is 0.564. The number of rotatable bonds is 0. The summed E-state index contributed by atoms with van der Waals surface area (Å²) in [6, 6.07) is 20.0. The molecule has 2 heterocycles. The molecule has 0 unspecified atom stereocenters. The van der Waals surface area contributed by atoms with E-state index in [2.05, 4.69) is 38.1 Å². The number of fused-ring (bicyclic) bond motifs is 7. The zero-order valence-corrected chi connectivity index (χ0v) is 17.7. The highest BCUT2D eigenvalue weighted by Gasteiger charge is 2.62. The van der Waals surface area contributed by atoms with Gasteiger partial charge in [-0.1, -0.05) is 0 Å². The van der Waals surface area contributed by atoms with Crippen LogP contribution in [0, 0.1) is 45.3 Å². The van der Waals surface area contributed by atoms with Crippen LogP contribution in [0.25, 0.3) is 11.1 Å². The number of nitriles is 4. The summed E-state index contributed by atoms with van der Waals surface area (Å²) in [5.74, 6) is 0. The summed E-state index contributed by atoms with van der Waals surface area (Å²) in [6.07, 6.45) is 0. The lowest BCUT2D eigenvalue weighted by Crippen LogP contribution is -2.46. The number of hydrogen-bond acceptors (Lipinski definition) is 6. The molecule has 140 valence electrons. The highest BCUT2D eigenvalue weighted by atomic mass is 32.2. The molecule has 30 heavy (non-hydrogen) atoms. The van der Waals surface area contributed by atoms with E-state index in [1.54, 1.807) is 35.7 Å². The van der Waals surface area contributed by atoms with Crippen molar-refractivity contribution in [2.75, 3.05) is 0 Å². The van der Waals surface area contributed by atoms with E-state index < -0.39 is 9.49 Å². The zero-order valence-electron chi connectivity index (χ0n) is 16.1. The molecule has 0 N–H and O–H groups in total. The summed E-state index contributed by atoms with van der Waals surface area (Å²) < 4.78 is -1.03. The Hall–Kier alpha value is -3.42. The van der Waals surface area contributed by atoms with Crippen molar-refractivity contribution in [2.24, 2.45) is 0 Å². The first-order chi connectivity index (χ1) is 14.4. The fourth-order valence-corrected chi connectivity index (χ4v) is 7.88. The van der Waals surface area contributed by atoms with Gasteiger partial charge in [0.1, 0.15) is 12.1 Å². The Bertz CT molecular complexity index is 1310. The van der Waals surface area contributed by atoms with Gasteiger partial charge < -0.3 is 0 Å². The Balaban J connectivity index is 1.91. The number of hydrogen-bond donors (Lipinski definition) is 0. The van der Waals surface area contributed by atoms with Crippen LogP contribution < -0.4 is 0 Å². The molecule has 5 rings (SSSR count). The molecule has 2 aromatic rings. The molecule has 0 saturated heterocycles. The second kappa shape index (κ2) is 6.04. The van der Waals surface area contributed by atoms with Gasteiger partial charge in [0.15, 0.2) is 0 Å². The number of thioether (sulfide) groups is 2. The highest BCUT2D eigenvalue weighted by molar-refractivity contribution is 8.06. The molecular formula is C24H12N4S2. The largest absolute Gasteiger partial charge is 0.192 e. The van der Waals surface area contributed by atoms with E-state index >= 15 is 0 Å². The first-order valence-corrected chi connectivity index (χ1v) is 10.8. The molecule has 4 nitrogen and oxygen atoms in total. The van der Waals surface area contributed by atoms with Gasteiger partial charge in [0, 0.05) is 9.79 Å². The van der Waals surface area contributed by atoms with Crippen LogP contribution in [0.5, 0.6) is 0 Å².